The van der Waals surface area contributed by atoms with E-state index >= 15 is 0 Å². The van der Waals surface area contributed by atoms with Gasteiger partial charge in [0.25, 0.3) is 12.1 Å². The minimum absolute atomic E-state index is 0.0499. The Hall–Kier alpha value is -0.940. The van der Waals surface area contributed by atoms with Gasteiger partial charge in [0.05, 0.1) is 9.95 Å². The number of rotatable bonds is 2. The van der Waals surface area contributed by atoms with Gasteiger partial charge in [-0.2, -0.15) is 0 Å². The van der Waals surface area contributed by atoms with Crippen molar-refractivity contribution in [3.63, 3.8) is 0 Å². The molecule has 0 N–H and O–H groups in total. The molecule has 1 aromatic rings. The molecule has 76 valence electrons. The lowest BCUT2D eigenvalue weighted by Crippen LogP contribution is -1.97. The zero-order chi connectivity index (χ0) is 10.9. The van der Waals surface area contributed by atoms with Crippen LogP contribution in [0.25, 0.3) is 0 Å². The Morgan fingerprint density at radius 2 is 1.93 bits per heavy atom. The van der Waals surface area contributed by atoms with Gasteiger partial charge in [0.2, 0.25) is 0 Å². The van der Waals surface area contributed by atoms with Gasteiger partial charge in [0, 0.05) is 11.1 Å². The molecule has 0 bridgehead atoms. The first-order valence-corrected chi connectivity index (χ1v) is 4.10. The number of hydrogen-bond donors (Lipinski definition) is 0. The second-order valence-corrected chi connectivity index (χ2v) is 3.22. The van der Waals surface area contributed by atoms with Crippen molar-refractivity contribution >= 4 is 28.9 Å². The van der Waals surface area contributed by atoms with E-state index in [2.05, 4.69) is 0 Å². The van der Waals surface area contributed by atoms with Gasteiger partial charge in [-0.25, -0.2) is 8.78 Å². The lowest BCUT2D eigenvalue weighted by atomic mass is 10.2. The maximum atomic E-state index is 12.3. The monoisotopic (exact) mass is 241 g/mol. The molecule has 7 heteroatoms. The average molecular weight is 242 g/mol. The Labute approximate surface area is 87.4 Å². The van der Waals surface area contributed by atoms with Crippen LogP contribution in [0.1, 0.15) is 12.0 Å². The van der Waals surface area contributed by atoms with Gasteiger partial charge in [-0.15, -0.1) is 0 Å². The molecule has 14 heavy (non-hydrogen) atoms. The largest absolute Gasteiger partial charge is 0.281 e. The zero-order valence-corrected chi connectivity index (χ0v) is 8.02. The molecule has 0 fully saturated rings. The Morgan fingerprint density at radius 1 is 1.36 bits per heavy atom. The van der Waals surface area contributed by atoms with E-state index in [0.29, 0.717) is 0 Å². The van der Waals surface area contributed by atoms with Crippen LogP contribution in [0.3, 0.4) is 0 Å². The highest BCUT2D eigenvalue weighted by atomic mass is 35.5. The maximum absolute atomic E-state index is 12.3. The summed E-state index contributed by atoms with van der Waals surface area (Å²) in [6.45, 7) is 0. The number of benzene rings is 1. The van der Waals surface area contributed by atoms with Crippen LogP contribution in [0.2, 0.25) is 10.0 Å². The molecule has 0 aliphatic rings. The molecular weight excluding hydrogens is 239 g/mol. The first kappa shape index (κ1) is 11.1. The molecule has 0 atom stereocenters. The van der Waals surface area contributed by atoms with Crippen molar-refractivity contribution in [1.82, 2.24) is 0 Å². The van der Waals surface area contributed by atoms with Gasteiger partial charge in [0.15, 0.2) is 0 Å². The molecule has 0 heterocycles. The summed E-state index contributed by atoms with van der Waals surface area (Å²) in [7, 11) is 0. The van der Waals surface area contributed by atoms with Crippen LogP contribution in [-0.4, -0.2) is 4.92 Å². The van der Waals surface area contributed by atoms with Crippen molar-refractivity contribution in [2.45, 2.75) is 6.43 Å². The predicted octanol–water partition coefficient (Wildman–Crippen LogP) is 3.84. The zero-order valence-electron chi connectivity index (χ0n) is 6.51. The molecule has 3 nitrogen and oxygen atoms in total. The fourth-order valence-electron chi connectivity index (χ4n) is 0.938. The van der Waals surface area contributed by atoms with Gasteiger partial charge >= 0.3 is 0 Å². The number of nitrogens with zero attached hydrogens (tertiary/aromatic N) is 1. The van der Waals surface area contributed by atoms with E-state index in [4.69, 9.17) is 23.2 Å². The molecule has 0 saturated heterocycles. The fraction of sp³-hybridized carbons (Fsp3) is 0.143. The predicted molar refractivity (Wildman–Crippen MR) is 48.1 cm³/mol. The second kappa shape index (κ2) is 4.06. The third-order valence-corrected chi connectivity index (χ3v) is 2.02. The topological polar surface area (TPSA) is 43.1 Å². The molecule has 0 radical (unpaired) electrons. The Morgan fingerprint density at radius 3 is 2.36 bits per heavy atom. The van der Waals surface area contributed by atoms with Crippen molar-refractivity contribution in [2.75, 3.05) is 0 Å². The normalized spacial score (nSPS) is 10.6. The Kier molecular flexibility index (Phi) is 3.23. The van der Waals surface area contributed by atoms with Gasteiger partial charge in [-0.1, -0.05) is 23.2 Å². The van der Waals surface area contributed by atoms with Crippen molar-refractivity contribution in [3.05, 3.63) is 37.9 Å². The standard InChI is InChI=1S/C7H3Cl2F2NO2/c8-3-1-4(9)6(7(10)11)5(2-3)12(13)14/h1-2,7H. The number of alkyl halides is 2. The highest BCUT2D eigenvalue weighted by Crippen LogP contribution is 2.37. The number of halogens is 4. The number of hydrogen-bond acceptors (Lipinski definition) is 2. The average Bonchev–Trinajstić information content (AvgIpc) is 2.01. The van der Waals surface area contributed by atoms with E-state index in [0.717, 1.165) is 12.1 Å². The minimum Gasteiger partial charge on any atom is -0.258 e. The highest BCUT2D eigenvalue weighted by molar-refractivity contribution is 6.35. The molecule has 0 aliphatic carbocycles. The minimum atomic E-state index is -3.00. The molecule has 1 rings (SSSR count). The fourth-order valence-corrected chi connectivity index (χ4v) is 1.50. The summed E-state index contributed by atoms with van der Waals surface area (Å²) in [5.41, 5.74) is -1.57. The quantitative estimate of drug-likeness (QED) is 0.584. The molecule has 0 saturated carbocycles. The molecule has 0 aliphatic heterocycles. The van der Waals surface area contributed by atoms with Crippen LogP contribution >= 0.6 is 23.2 Å². The van der Waals surface area contributed by atoms with Crippen LogP contribution in [0.4, 0.5) is 14.5 Å². The van der Waals surface area contributed by atoms with Crippen molar-refractivity contribution < 1.29 is 13.7 Å². The third-order valence-electron chi connectivity index (χ3n) is 1.49. The van der Waals surface area contributed by atoms with Crippen LogP contribution in [0.15, 0.2) is 12.1 Å². The van der Waals surface area contributed by atoms with E-state index in [1.807, 2.05) is 0 Å². The van der Waals surface area contributed by atoms with Crippen LogP contribution in [-0.2, 0) is 0 Å². The van der Waals surface area contributed by atoms with E-state index in [1.54, 1.807) is 0 Å². The number of nitro benzene ring substituents is 1. The molecule has 1 aromatic carbocycles. The van der Waals surface area contributed by atoms with Gasteiger partial charge in [-0.3, -0.25) is 10.1 Å². The van der Waals surface area contributed by atoms with Gasteiger partial charge < -0.3 is 0 Å². The number of nitro groups is 1. The van der Waals surface area contributed by atoms with Crippen LogP contribution in [0, 0.1) is 10.1 Å². The SMILES string of the molecule is O=[N+]([O-])c1cc(Cl)cc(Cl)c1C(F)F. The lowest BCUT2D eigenvalue weighted by molar-refractivity contribution is -0.386. The summed E-state index contributed by atoms with van der Waals surface area (Å²) in [5.74, 6) is 0. The molecule has 0 spiro atoms. The summed E-state index contributed by atoms with van der Waals surface area (Å²) >= 11 is 10.8. The lowest BCUT2D eigenvalue weighted by Gasteiger charge is -2.04. The van der Waals surface area contributed by atoms with E-state index in [9.17, 15) is 18.9 Å². The van der Waals surface area contributed by atoms with Crippen LogP contribution < -0.4 is 0 Å². The van der Waals surface area contributed by atoms with Crippen LogP contribution in [0.5, 0.6) is 0 Å². The third kappa shape index (κ3) is 2.10. The van der Waals surface area contributed by atoms with Crippen molar-refractivity contribution in [2.24, 2.45) is 0 Å². The van der Waals surface area contributed by atoms with Crippen molar-refractivity contribution in [1.29, 1.82) is 0 Å². The summed E-state index contributed by atoms with van der Waals surface area (Å²) in [6.07, 6.45) is -3.00. The first-order valence-electron chi connectivity index (χ1n) is 3.35. The summed E-state index contributed by atoms with van der Waals surface area (Å²) in [4.78, 5) is 9.44. The Balaban J connectivity index is 3.44. The van der Waals surface area contributed by atoms with E-state index < -0.39 is 27.6 Å². The molecule has 0 amide bonds. The summed E-state index contributed by atoms with van der Waals surface area (Å²) < 4.78 is 24.7. The van der Waals surface area contributed by atoms with Gasteiger partial charge in [0.1, 0.15) is 5.56 Å². The second-order valence-electron chi connectivity index (χ2n) is 2.38. The Bertz CT molecular complexity index is 384. The molecule has 0 aromatic heterocycles. The summed E-state index contributed by atoms with van der Waals surface area (Å²) in [5, 5.41) is 9.93. The van der Waals surface area contributed by atoms with E-state index in [1.165, 1.54) is 0 Å². The smallest absolute Gasteiger partial charge is 0.258 e. The highest BCUT2D eigenvalue weighted by Gasteiger charge is 2.25. The van der Waals surface area contributed by atoms with E-state index in [-0.39, 0.29) is 5.02 Å². The van der Waals surface area contributed by atoms with Gasteiger partial charge in [-0.05, 0) is 6.07 Å². The van der Waals surface area contributed by atoms with Crippen molar-refractivity contribution in [3.8, 4) is 0 Å². The summed E-state index contributed by atoms with van der Waals surface area (Å²) in [6, 6.07) is 1.88. The molecular formula is C7H3Cl2F2NO2. The first-order chi connectivity index (χ1) is 6.43. The molecule has 0 unspecified atom stereocenters. The maximum Gasteiger partial charge on any atom is 0.281 e.